The molecule has 1 aromatic carbocycles. The summed E-state index contributed by atoms with van der Waals surface area (Å²) in [7, 11) is 1.38. The fourth-order valence-corrected chi connectivity index (χ4v) is 3.65. The first-order valence-electron chi connectivity index (χ1n) is 8.38. The van der Waals surface area contributed by atoms with Crippen LogP contribution < -0.4 is 10.1 Å². The number of carbonyl (C=O) groups excluding carboxylic acids is 2. The average molecular weight is 334 g/mol. The maximum Gasteiger partial charge on any atom is 0.223 e. The van der Waals surface area contributed by atoms with Gasteiger partial charge in [-0.25, -0.2) is 4.39 Å². The van der Waals surface area contributed by atoms with Crippen molar-refractivity contribution in [1.29, 1.82) is 0 Å². The SMILES string of the molecule is COc1ccc(C(=O)CCC(=O)N2CCC3(CCNC3)C2)cc1F. The first kappa shape index (κ1) is 16.9. The van der Waals surface area contributed by atoms with E-state index in [1.165, 1.54) is 25.3 Å². The molecule has 0 aromatic heterocycles. The first-order valence-corrected chi connectivity index (χ1v) is 8.38. The van der Waals surface area contributed by atoms with Crippen LogP contribution >= 0.6 is 0 Å². The molecule has 0 saturated carbocycles. The van der Waals surface area contributed by atoms with E-state index in [0.717, 1.165) is 39.0 Å². The number of Topliss-reactive ketones (excluding diaryl/α,β-unsaturated/α-hetero) is 1. The van der Waals surface area contributed by atoms with E-state index in [9.17, 15) is 14.0 Å². The number of hydrogen-bond acceptors (Lipinski definition) is 4. The number of carbonyl (C=O) groups is 2. The second-order valence-electron chi connectivity index (χ2n) is 6.76. The Morgan fingerprint density at radius 3 is 2.83 bits per heavy atom. The van der Waals surface area contributed by atoms with Gasteiger partial charge in [0, 0.05) is 43.5 Å². The third-order valence-electron chi connectivity index (χ3n) is 5.16. The molecule has 6 heteroatoms. The topological polar surface area (TPSA) is 58.6 Å². The van der Waals surface area contributed by atoms with Crippen LogP contribution in [0.3, 0.4) is 0 Å². The molecule has 0 bridgehead atoms. The van der Waals surface area contributed by atoms with Gasteiger partial charge in [0.2, 0.25) is 5.91 Å². The Kier molecular flexibility index (Phi) is 4.85. The fourth-order valence-electron chi connectivity index (χ4n) is 3.65. The highest BCUT2D eigenvalue weighted by Gasteiger charge is 2.41. The summed E-state index contributed by atoms with van der Waals surface area (Å²) in [6.45, 7) is 3.54. The number of likely N-dealkylation sites (tertiary alicyclic amines) is 1. The monoisotopic (exact) mass is 334 g/mol. The Labute approximate surface area is 141 Å². The van der Waals surface area contributed by atoms with E-state index < -0.39 is 5.82 Å². The number of methoxy groups -OCH3 is 1. The van der Waals surface area contributed by atoms with Gasteiger partial charge in [-0.05, 0) is 37.6 Å². The number of hydrogen-bond donors (Lipinski definition) is 1. The van der Waals surface area contributed by atoms with Gasteiger partial charge in [-0.15, -0.1) is 0 Å². The molecule has 5 nitrogen and oxygen atoms in total. The summed E-state index contributed by atoms with van der Waals surface area (Å²) in [6, 6.07) is 4.13. The molecule has 2 aliphatic heterocycles. The number of nitrogens with one attached hydrogen (secondary N) is 1. The number of benzene rings is 1. The van der Waals surface area contributed by atoms with Crippen molar-refractivity contribution >= 4 is 11.7 Å². The van der Waals surface area contributed by atoms with Crippen molar-refractivity contribution in [3.8, 4) is 5.75 Å². The zero-order valence-corrected chi connectivity index (χ0v) is 13.9. The molecule has 1 unspecified atom stereocenters. The van der Waals surface area contributed by atoms with E-state index in [2.05, 4.69) is 5.32 Å². The molecule has 3 rings (SSSR count). The minimum absolute atomic E-state index is 0.0149. The van der Waals surface area contributed by atoms with Crippen molar-refractivity contribution < 1.29 is 18.7 Å². The van der Waals surface area contributed by atoms with E-state index in [-0.39, 0.29) is 41.3 Å². The highest BCUT2D eigenvalue weighted by atomic mass is 19.1. The number of halogens is 1. The number of ketones is 1. The number of ether oxygens (including phenoxy) is 1. The Morgan fingerprint density at radius 1 is 1.33 bits per heavy atom. The molecule has 130 valence electrons. The smallest absolute Gasteiger partial charge is 0.223 e. The van der Waals surface area contributed by atoms with Crippen LogP contribution in [0.15, 0.2) is 18.2 Å². The molecule has 0 radical (unpaired) electrons. The Balaban J connectivity index is 1.53. The van der Waals surface area contributed by atoms with E-state index in [1.807, 2.05) is 4.90 Å². The lowest BCUT2D eigenvalue weighted by Crippen LogP contribution is -2.33. The minimum Gasteiger partial charge on any atom is -0.494 e. The molecule has 2 saturated heterocycles. The van der Waals surface area contributed by atoms with E-state index in [1.54, 1.807) is 0 Å². The molecule has 1 aromatic rings. The van der Waals surface area contributed by atoms with Crippen LogP contribution in [0.5, 0.6) is 5.75 Å². The van der Waals surface area contributed by atoms with Gasteiger partial charge in [0.25, 0.3) is 0 Å². The Hall–Kier alpha value is -1.95. The van der Waals surface area contributed by atoms with E-state index in [0.29, 0.717) is 0 Å². The molecule has 1 spiro atoms. The summed E-state index contributed by atoms with van der Waals surface area (Å²) in [5.74, 6) is -0.664. The molecule has 1 amide bonds. The zero-order chi connectivity index (χ0) is 17.2. The lowest BCUT2D eigenvalue weighted by Gasteiger charge is -2.22. The number of nitrogens with zero attached hydrogens (tertiary/aromatic N) is 1. The molecule has 24 heavy (non-hydrogen) atoms. The van der Waals surface area contributed by atoms with Gasteiger partial charge in [-0.1, -0.05) is 0 Å². The van der Waals surface area contributed by atoms with Crippen molar-refractivity contribution in [2.45, 2.75) is 25.7 Å². The molecule has 1 N–H and O–H groups in total. The Morgan fingerprint density at radius 2 is 2.17 bits per heavy atom. The fraction of sp³-hybridized carbons (Fsp3) is 0.556. The van der Waals surface area contributed by atoms with Crippen molar-refractivity contribution in [3.63, 3.8) is 0 Å². The average Bonchev–Trinajstić information content (AvgIpc) is 3.22. The Bertz CT molecular complexity index is 641. The molecule has 1 atom stereocenters. The summed E-state index contributed by atoms with van der Waals surface area (Å²) in [4.78, 5) is 26.4. The molecule has 2 aliphatic rings. The quantitative estimate of drug-likeness (QED) is 0.837. The van der Waals surface area contributed by atoms with Crippen molar-refractivity contribution in [2.24, 2.45) is 5.41 Å². The third kappa shape index (κ3) is 3.43. The van der Waals surface area contributed by atoms with E-state index >= 15 is 0 Å². The van der Waals surface area contributed by atoms with Crippen LogP contribution in [0.4, 0.5) is 4.39 Å². The maximum atomic E-state index is 13.7. The summed E-state index contributed by atoms with van der Waals surface area (Å²) >= 11 is 0. The van der Waals surface area contributed by atoms with Gasteiger partial charge in [0.15, 0.2) is 17.3 Å². The zero-order valence-electron chi connectivity index (χ0n) is 13.9. The van der Waals surface area contributed by atoms with Gasteiger partial charge in [-0.2, -0.15) is 0 Å². The minimum atomic E-state index is -0.565. The van der Waals surface area contributed by atoms with Crippen molar-refractivity contribution in [3.05, 3.63) is 29.6 Å². The first-order chi connectivity index (χ1) is 11.5. The van der Waals surface area contributed by atoms with Crippen molar-refractivity contribution in [1.82, 2.24) is 10.2 Å². The molecule has 2 fully saturated rings. The highest BCUT2D eigenvalue weighted by molar-refractivity contribution is 5.98. The van der Waals surface area contributed by atoms with Crippen molar-refractivity contribution in [2.75, 3.05) is 33.3 Å². The summed E-state index contributed by atoms with van der Waals surface area (Å²) in [5.41, 5.74) is 0.512. The highest BCUT2D eigenvalue weighted by Crippen LogP contribution is 2.36. The molecular weight excluding hydrogens is 311 g/mol. The van der Waals surface area contributed by atoms with E-state index in [4.69, 9.17) is 4.74 Å². The lowest BCUT2D eigenvalue weighted by molar-refractivity contribution is -0.130. The maximum absolute atomic E-state index is 13.7. The van der Waals surface area contributed by atoms with Gasteiger partial charge in [0.05, 0.1) is 7.11 Å². The number of rotatable bonds is 5. The van der Waals surface area contributed by atoms with Gasteiger partial charge >= 0.3 is 0 Å². The lowest BCUT2D eigenvalue weighted by atomic mass is 9.86. The molecule has 0 aliphatic carbocycles. The van der Waals surface area contributed by atoms with Crippen LogP contribution in [0.25, 0.3) is 0 Å². The molecular formula is C18H23FN2O3. The predicted octanol–water partition coefficient (Wildman–Crippen LogP) is 2.01. The largest absolute Gasteiger partial charge is 0.494 e. The predicted molar refractivity (Wildman–Crippen MR) is 87.6 cm³/mol. The number of amides is 1. The summed E-state index contributed by atoms with van der Waals surface area (Å²) in [5, 5.41) is 3.36. The normalized spacial score (nSPS) is 23.0. The van der Waals surface area contributed by atoms with Crippen LogP contribution in [0, 0.1) is 11.2 Å². The second kappa shape index (κ2) is 6.89. The van der Waals surface area contributed by atoms with Crippen LogP contribution in [-0.2, 0) is 4.79 Å². The standard InChI is InChI=1S/C18H23FN2O3/c1-24-16-4-2-13(10-14(16)19)15(22)3-5-17(23)21-9-7-18(12-21)6-8-20-11-18/h2,4,10,20H,3,5-9,11-12H2,1H3. The third-order valence-corrected chi connectivity index (χ3v) is 5.16. The molecule has 2 heterocycles. The van der Waals surface area contributed by atoms with Gasteiger partial charge in [-0.3, -0.25) is 9.59 Å². The van der Waals surface area contributed by atoms with Crippen LogP contribution in [0.2, 0.25) is 0 Å². The second-order valence-corrected chi connectivity index (χ2v) is 6.76. The van der Waals surface area contributed by atoms with Gasteiger partial charge in [0.1, 0.15) is 0 Å². The summed E-state index contributed by atoms with van der Waals surface area (Å²) < 4.78 is 18.5. The van der Waals surface area contributed by atoms with Crippen LogP contribution in [0.1, 0.15) is 36.0 Å². The summed E-state index contributed by atoms with van der Waals surface area (Å²) in [6.07, 6.45) is 2.42. The van der Waals surface area contributed by atoms with Gasteiger partial charge < -0.3 is 15.0 Å². The van der Waals surface area contributed by atoms with Crippen LogP contribution in [-0.4, -0.2) is 49.9 Å².